The first-order valence-corrected chi connectivity index (χ1v) is 9.16. The fourth-order valence-electron chi connectivity index (χ4n) is 2.64. The average molecular weight is 371 g/mol. The van der Waals surface area contributed by atoms with Gasteiger partial charge in [-0.05, 0) is 38.5 Å². The number of carbonyl (C=O) groups is 1. The molecule has 1 amide bonds. The van der Waals surface area contributed by atoms with Crippen molar-refractivity contribution in [2.24, 2.45) is 7.05 Å². The molecule has 2 heterocycles. The third kappa shape index (κ3) is 3.96. The van der Waals surface area contributed by atoms with Crippen LogP contribution in [-0.2, 0) is 18.4 Å². The summed E-state index contributed by atoms with van der Waals surface area (Å²) in [7, 11) is 1.98. The Morgan fingerprint density at radius 2 is 2.08 bits per heavy atom. The van der Waals surface area contributed by atoms with Gasteiger partial charge < -0.3 is 14.9 Å². The monoisotopic (exact) mass is 371 g/mol. The fraction of sp³-hybridized carbons (Fsp3) is 0.333. The summed E-state index contributed by atoms with van der Waals surface area (Å²) >= 11 is 1.23. The highest BCUT2D eigenvalue weighted by atomic mass is 32.2. The first-order valence-electron chi connectivity index (χ1n) is 8.28. The number of carbonyl (C=O) groups excluding carboxylic acids is 1. The Morgan fingerprint density at radius 1 is 1.31 bits per heavy atom. The van der Waals surface area contributed by atoms with Gasteiger partial charge in [-0.2, -0.15) is 0 Å². The smallest absolute Gasteiger partial charge is 0.251 e. The van der Waals surface area contributed by atoms with E-state index >= 15 is 0 Å². The number of aromatic amines is 1. The van der Waals surface area contributed by atoms with Crippen LogP contribution >= 0.6 is 11.8 Å². The minimum absolute atomic E-state index is 0.114. The van der Waals surface area contributed by atoms with E-state index in [1.807, 2.05) is 36.7 Å². The van der Waals surface area contributed by atoms with Gasteiger partial charge in [0.15, 0.2) is 5.16 Å². The Balaban J connectivity index is 1.63. The van der Waals surface area contributed by atoms with Crippen LogP contribution in [0, 0.1) is 13.8 Å². The van der Waals surface area contributed by atoms with E-state index in [0.717, 1.165) is 22.4 Å². The number of hydrogen-bond donors (Lipinski definition) is 2. The number of fused-ring (bicyclic) bond motifs is 1. The summed E-state index contributed by atoms with van der Waals surface area (Å²) in [5, 5.41) is 2.99. The molecule has 7 nitrogen and oxygen atoms in total. The number of hydrogen-bond acceptors (Lipinski definition) is 5. The Morgan fingerprint density at radius 3 is 2.81 bits per heavy atom. The number of rotatable bonds is 5. The predicted molar refractivity (Wildman–Crippen MR) is 102 cm³/mol. The molecular weight excluding hydrogens is 350 g/mol. The van der Waals surface area contributed by atoms with Crippen molar-refractivity contribution in [1.29, 1.82) is 0 Å². The number of aryl methyl sites for hydroxylation is 3. The predicted octanol–water partition coefficient (Wildman–Crippen LogP) is 2.07. The average Bonchev–Trinajstić information content (AvgIpc) is 2.85. The van der Waals surface area contributed by atoms with E-state index in [-0.39, 0.29) is 16.7 Å². The number of H-pyrrole nitrogens is 1. The van der Waals surface area contributed by atoms with E-state index in [2.05, 4.69) is 20.3 Å². The molecule has 0 aliphatic rings. The van der Waals surface area contributed by atoms with E-state index in [1.54, 1.807) is 13.8 Å². The van der Waals surface area contributed by atoms with E-state index in [0.29, 0.717) is 17.4 Å². The van der Waals surface area contributed by atoms with E-state index in [9.17, 15) is 9.59 Å². The maximum Gasteiger partial charge on any atom is 0.251 e. The van der Waals surface area contributed by atoms with Gasteiger partial charge in [0, 0.05) is 25.4 Å². The molecule has 0 radical (unpaired) electrons. The van der Waals surface area contributed by atoms with Gasteiger partial charge >= 0.3 is 0 Å². The Labute approximate surface area is 155 Å². The van der Waals surface area contributed by atoms with E-state index < -0.39 is 0 Å². The molecule has 136 valence electrons. The maximum absolute atomic E-state index is 12.3. The molecule has 2 N–H and O–H groups in total. The number of benzene rings is 1. The number of thioether (sulfide) groups is 1. The summed E-state index contributed by atoms with van der Waals surface area (Å²) < 4.78 is 2.03. The minimum atomic E-state index is -0.374. The lowest BCUT2D eigenvalue weighted by molar-refractivity contribution is -0.120. The zero-order chi connectivity index (χ0) is 18.8. The van der Waals surface area contributed by atoms with Crippen molar-refractivity contribution in [2.45, 2.75) is 37.7 Å². The summed E-state index contributed by atoms with van der Waals surface area (Å²) in [6, 6.07) is 7.40. The molecule has 1 atom stereocenters. The van der Waals surface area contributed by atoms with Crippen LogP contribution in [0.3, 0.4) is 0 Å². The van der Waals surface area contributed by atoms with E-state index in [1.165, 1.54) is 17.8 Å². The molecular formula is C18H21N5O2S. The molecule has 1 unspecified atom stereocenters. The molecule has 0 saturated heterocycles. The molecule has 1 aromatic carbocycles. The van der Waals surface area contributed by atoms with Gasteiger partial charge in [-0.25, -0.2) is 9.97 Å². The molecule has 0 spiro atoms. The summed E-state index contributed by atoms with van der Waals surface area (Å²) in [6.45, 7) is 5.92. The lowest BCUT2D eigenvalue weighted by Gasteiger charge is -2.11. The summed E-state index contributed by atoms with van der Waals surface area (Å²) in [5.74, 6) is 0.835. The minimum Gasteiger partial charge on any atom is -0.351 e. The normalized spacial score (nSPS) is 12.3. The number of aromatic nitrogens is 4. The van der Waals surface area contributed by atoms with Crippen LogP contribution in [0.2, 0.25) is 0 Å². The van der Waals surface area contributed by atoms with Gasteiger partial charge in [0.25, 0.3) is 5.56 Å². The molecule has 8 heteroatoms. The van der Waals surface area contributed by atoms with Gasteiger partial charge in [-0.15, -0.1) is 0 Å². The van der Waals surface area contributed by atoms with Crippen LogP contribution in [0.15, 0.2) is 34.2 Å². The van der Waals surface area contributed by atoms with Crippen molar-refractivity contribution in [1.82, 2.24) is 24.8 Å². The Kier molecular flexibility index (Phi) is 5.13. The number of nitrogens with one attached hydrogen (secondary N) is 2. The number of imidazole rings is 1. The van der Waals surface area contributed by atoms with Crippen molar-refractivity contribution < 1.29 is 4.79 Å². The van der Waals surface area contributed by atoms with Crippen LogP contribution in [0.5, 0.6) is 0 Å². The standard InChI is InChI=1S/C18H21N5O2S/c1-10-7-16(24)22-18(20-10)26-11(2)17(25)19-9-13-5-6-15-14(8-13)21-12(3)23(15)4/h5-8,11H,9H2,1-4H3,(H,19,25)(H,20,22,24). The Bertz CT molecular complexity index is 1020. The quantitative estimate of drug-likeness (QED) is 0.529. The molecule has 3 aromatic rings. The van der Waals surface area contributed by atoms with E-state index in [4.69, 9.17) is 0 Å². The molecule has 0 aliphatic carbocycles. The lowest BCUT2D eigenvalue weighted by atomic mass is 10.2. The largest absolute Gasteiger partial charge is 0.351 e. The fourth-order valence-corrected chi connectivity index (χ4v) is 3.52. The zero-order valence-electron chi connectivity index (χ0n) is 15.2. The van der Waals surface area contributed by atoms with Gasteiger partial charge in [-0.1, -0.05) is 17.8 Å². The van der Waals surface area contributed by atoms with Crippen LogP contribution in [-0.4, -0.2) is 30.7 Å². The molecule has 3 rings (SSSR count). The van der Waals surface area contributed by atoms with Crippen LogP contribution in [0.1, 0.15) is 24.0 Å². The van der Waals surface area contributed by atoms with Gasteiger partial charge in [0.05, 0.1) is 16.3 Å². The zero-order valence-corrected chi connectivity index (χ0v) is 16.0. The molecule has 0 saturated carbocycles. The third-order valence-electron chi connectivity index (χ3n) is 4.14. The topological polar surface area (TPSA) is 92.7 Å². The highest BCUT2D eigenvalue weighted by molar-refractivity contribution is 8.00. The first-order chi connectivity index (χ1) is 12.3. The summed E-state index contributed by atoms with van der Waals surface area (Å²) in [5.41, 5.74) is 3.38. The second-order valence-electron chi connectivity index (χ2n) is 6.21. The van der Waals surface area contributed by atoms with Crippen molar-refractivity contribution in [3.63, 3.8) is 0 Å². The van der Waals surface area contributed by atoms with Crippen molar-refractivity contribution >= 4 is 28.7 Å². The highest BCUT2D eigenvalue weighted by Crippen LogP contribution is 2.19. The molecule has 2 aromatic heterocycles. The highest BCUT2D eigenvalue weighted by Gasteiger charge is 2.16. The lowest BCUT2D eigenvalue weighted by Crippen LogP contribution is -2.30. The molecule has 0 bridgehead atoms. The van der Waals surface area contributed by atoms with Crippen LogP contribution in [0.25, 0.3) is 11.0 Å². The molecule has 0 aliphatic heterocycles. The van der Waals surface area contributed by atoms with Crippen molar-refractivity contribution in [3.8, 4) is 0 Å². The Hall–Kier alpha value is -2.61. The van der Waals surface area contributed by atoms with Gasteiger partial charge in [0.1, 0.15) is 5.82 Å². The van der Waals surface area contributed by atoms with Crippen molar-refractivity contribution in [3.05, 3.63) is 51.7 Å². The number of amides is 1. The SMILES string of the molecule is Cc1cc(=O)[nH]c(SC(C)C(=O)NCc2ccc3c(c2)nc(C)n3C)n1. The second kappa shape index (κ2) is 7.33. The maximum atomic E-state index is 12.3. The molecule has 0 fully saturated rings. The van der Waals surface area contributed by atoms with Gasteiger partial charge in [-0.3, -0.25) is 9.59 Å². The molecule has 26 heavy (non-hydrogen) atoms. The number of nitrogens with zero attached hydrogens (tertiary/aromatic N) is 3. The third-order valence-corrected chi connectivity index (χ3v) is 5.13. The first kappa shape index (κ1) is 18.2. The van der Waals surface area contributed by atoms with Crippen LogP contribution < -0.4 is 10.9 Å². The van der Waals surface area contributed by atoms with Crippen molar-refractivity contribution in [2.75, 3.05) is 0 Å². The summed E-state index contributed by atoms with van der Waals surface area (Å²) in [6.07, 6.45) is 0. The second-order valence-corrected chi connectivity index (χ2v) is 7.54. The summed E-state index contributed by atoms with van der Waals surface area (Å²) in [4.78, 5) is 35.2. The van der Waals surface area contributed by atoms with Gasteiger partial charge in [0.2, 0.25) is 5.91 Å². The van der Waals surface area contributed by atoms with Crippen LogP contribution in [0.4, 0.5) is 0 Å².